The van der Waals surface area contributed by atoms with Crippen LogP contribution < -0.4 is 37.6 Å². The van der Waals surface area contributed by atoms with Gasteiger partial charge in [-0.25, -0.2) is 9.59 Å². The highest BCUT2D eigenvalue weighted by Gasteiger charge is 2.31. The molecule has 0 saturated heterocycles. The van der Waals surface area contributed by atoms with Gasteiger partial charge < -0.3 is 47.1 Å². The smallest absolute Gasteiger partial charge is 0.407 e. The minimum atomic E-state index is -1.04. The molecule has 15 heteroatoms. The second-order valence-corrected chi connectivity index (χ2v) is 12.6. The molecule has 0 heterocycles. The number of urea groups is 1. The number of hydrogen-bond acceptors (Lipinski definition) is 8. The Balaban J connectivity index is 2.99. The van der Waals surface area contributed by atoms with Gasteiger partial charge >= 0.3 is 12.1 Å². The molecule has 1 aromatic rings. The lowest BCUT2D eigenvalue weighted by Crippen LogP contribution is -2.48. The lowest BCUT2D eigenvalue weighted by Gasteiger charge is -2.33. The Morgan fingerprint density at radius 2 is 1.61 bits per heavy atom. The maximum absolute atomic E-state index is 13.5. The topological polar surface area (TPSA) is 219 Å². The van der Waals surface area contributed by atoms with Crippen molar-refractivity contribution in [1.82, 2.24) is 26.6 Å². The summed E-state index contributed by atoms with van der Waals surface area (Å²) in [6.45, 7) is 13.0. The van der Waals surface area contributed by atoms with Crippen LogP contribution in [0.2, 0.25) is 0 Å². The zero-order valence-corrected chi connectivity index (χ0v) is 30.1. The number of anilines is 1. The highest BCUT2D eigenvalue weighted by atomic mass is 16.5. The minimum Gasteiger partial charge on any atom is -0.445 e. The van der Waals surface area contributed by atoms with Crippen molar-refractivity contribution in [1.29, 1.82) is 0 Å². The molecule has 0 aliphatic rings. The monoisotopic (exact) mass is 689 g/mol. The van der Waals surface area contributed by atoms with Crippen molar-refractivity contribution in [2.75, 3.05) is 25.5 Å². The van der Waals surface area contributed by atoms with Gasteiger partial charge in [-0.05, 0) is 83.1 Å². The number of carbonyl (C=O) groups is 6. The molecule has 7 amide bonds. The number of rotatable bonds is 20. The highest BCUT2D eigenvalue weighted by Crippen LogP contribution is 2.23. The van der Waals surface area contributed by atoms with Crippen LogP contribution in [0.25, 0.3) is 0 Å². The predicted octanol–water partition coefficient (Wildman–Crippen LogP) is 3.09. The molecule has 0 bridgehead atoms. The number of carbonyl (C=O) groups excluding carboxylic acids is 6. The van der Waals surface area contributed by atoms with Crippen LogP contribution in [0.5, 0.6) is 0 Å². The maximum Gasteiger partial charge on any atom is 0.407 e. The summed E-state index contributed by atoms with van der Waals surface area (Å²) in [4.78, 5) is 74.2. The van der Waals surface area contributed by atoms with Gasteiger partial charge in [-0.2, -0.15) is 0 Å². The van der Waals surface area contributed by atoms with E-state index in [0.29, 0.717) is 49.1 Å². The third kappa shape index (κ3) is 16.3. The number of alkyl carbamates (subject to hydrolysis) is 1. The summed E-state index contributed by atoms with van der Waals surface area (Å²) in [6, 6.07) is 4.87. The van der Waals surface area contributed by atoms with Crippen LogP contribution in [0.4, 0.5) is 15.3 Å². The zero-order chi connectivity index (χ0) is 37.2. The van der Waals surface area contributed by atoms with Crippen molar-refractivity contribution in [2.45, 2.75) is 111 Å². The van der Waals surface area contributed by atoms with Crippen molar-refractivity contribution in [3.8, 4) is 0 Å². The van der Waals surface area contributed by atoms with E-state index in [1.165, 1.54) is 14.0 Å². The second-order valence-electron chi connectivity index (χ2n) is 12.6. The SMILES string of the molecule is CCC(C)(CCOC(C)(CC)CC(=O)NC(C(=O)N[C@H](CCCNC(N)=O)C(=O)Nc1ccc(COC(=O)NC)cc1)=C(C)C)NC(C)=O. The summed E-state index contributed by atoms with van der Waals surface area (Å²) in [5, 5.41) is 16.0. The van der Waals surface area contributed by atoms with Gasteiger partial charge in [0.05, 0.1) is 12.0 Å². The van der Waals surface area contributed by atoms with Gasteiger partial charge in [-0.3, -0.25) is 19.2 Å². The van der Waals surface area contributed by atoms with Crippen LogP contribution in [-0.4, -0.2) is 73.1 Å². The van der Waals surface area contributed by atoms with Crippen LogP contribution in [-0.2, 0) is 35.3 Å². The Labute approximate surface area is 289 Å². The summed E-state index contributed by atoms with van der Waals surface area (Å²) in [5.74, 6) is -1.75. The molecular weight excluding hydrogens is 634 g/mol. The van der Waals surface area contributed by atoms with Gasteiger partial charge in [-0.15, -0.1) is 0 Å². The Bertz CT molecular complexity index is 1330. The maximum atomic E-state index is 13.5. The van der Waals surface area contributed by atoms with E-state index in [-0.39, 0.29) is 37.6 Å². The summed E-state index contributed by atoms with van der Waals surface area (Å²) in [7, 11) is 1.45. The standard InChI is InChI=1S/C34H55N7O8/c1-9-33(6,41-23(5)42)17-19-49-34(7,10-2)20-27(43)40-28(22(3)4)30(45)39-26(12-11-18-37-31(35)46)29(44)38-25-15-13-24(14-16-25)21-48-32(47)36-8/h13-16,26H,9-12,17-21H2,1-8H3,(H,36,47)(H,38,44)(H,39,45)(H,40,43)(H,41,42)(H3,35,37,46)/t26-,33?,34?/m1/s1. The third-order valence-electron chi connectivity index (χ3n) is 8.02. The third-order valence-corrected chi connectivity index (χ3v) is 8.02. The highest BCUT2D eigenvalue weighted by molar-refractivity contribution is 6.02. The fourth-order valence-electron chi connectivity index (χ4n) is 4.64. The first-order chi connectivity index (χ1) is 23.0. The second kappa shape index (κ2) is 20.6. The van der Waals surface area contributed by atoms with Gasteiger partial charge in [0, 0.05) is 38.3 Å². The number of ether oxygens (including phenoxy) is 2. The lowest BCUT2D eigenvalue weighted by molar-refractivity contribution is -0.130. The van der Waals surface area contributed by atoms with Crippen molar-refractivity contribution < 1.29 is 38.2 Å². The Hall–Kier alpha value is -4.66. The number of primary amides is 1. The van der Waals surface area contributed by atoms with E-state index in [9.17, 15) is 28.8 Å². The van der Waals surface area contributed by atoms with E-state index in [2.05, 4.69) is 31.9 Å². The van der Waals surface area contributed by atoms with E-state index in [1.807, 2.05) is 27.7 Å². The Morgan fingerprint density at radius 1 is 0.959 bits per heavy atom. The zero-order valence-electron chi connectivity index (χ0n) is 30.1. The first-order valence-electron chi connectivity index (χ1n) is 16.4. The number of hydrogen-bond donors (Lipinski definition) is 7. The predicted molar refractivity (Wildman–Crippen MR) is 186 cm³/mol. The molecule has 1 rings (SSSR count). The van der Waals surface area contributed by atoms with E-state index >= 15 is 0 Å². The molecule has 15 nitrogen and oxygen atoms in total. The lowest BCUT2D eigenvalue weighted by atomic mass is 9.94. The molecule has 3 atom stereocenters. The molecule has 0 fully saturated rings. The van der Waals surface area contributed by atoms with Crippen LogP contribution in [0.15, 0.2) is 35.5 Å². The molecule has 2 unspecified atom stereocenters. The molecule has 49 heavy (non-hydrogen) atoms. The van der Waals surface area contributed by atoms with Gasteiger partial charge in [-0.1, -0.05) is 26.0 Å². The summed E-state index contributed by atoms with van der Waals surface area (Å²) in [6.07, 6.45) is 1.64. The van der Waals surface area contributed by atoms with Crippen LogP contribution >= 0.6 is 0 Å². The number of nitrogens with two attached hydrogens (primary N) is 1. The average molecular weight is 690 g/mol. The fourth-order valence-corrected chi connectivity index (χ4v) is 4.64. The van der Waals surface area contributed by atoms with Crippen molar-refractivity contribution in [3.05, 3.63) is 41.1 Å². The number of benzene rings is 1. The van der Waals surface area contributed by atoms with Gasteiger partial charge in [0.2, 0.25) is 17.7 Å². The molecular formula is C34H55N7O8. The molecule has 1 aromatic carbocycles. The fraction of sp³-hybridized carbons (Fsp3) is 0.588. The molecule has 8 N–H and O–H groups in total. The quantitative estimate of drug-likeness (QED) is 0.0795. The molecule has 274 valence electrons. The van der Waals surface area contributed by atoms with Gasteiger partial charge in [0.15, 0.2) is 0 Å². The summed E-state index contributed by atoms with van der Waals surface area (Å²) < 4.78 is 11.2. The number of nitrogens with one attached hydrogen (secondary N) is 6. The molecule has 0 aliphatic heterocycles. The van der Waals surface area contributed by atoms with Crippen molar-refractivity contribution in [3.63, 3.8) is 0 Å². The Morgan fingerprint density at radius 3 is 2.14 bits per heavy atom. The van der Waals surface area contributed by atoms with Crippen molar-refractivity contribution >= 4 is 41.4 Å². The molecule has 0 saturated carbocycles. The van der Waals surface area contributed by atoms with E-state index in [0.717, 1.165) is 0 Å². The number of amides is 7. The average Bonchev–Trinajstić information content (AvgIpc) is 3.03. The number of allylic oxidation sites excluding steroid dienone is 1. The van der Waals surface area contributed by atoms with Crippen LogP contribution in [0, 0.1) is 0 Å². The minimum absolute atomic E-state index is 0.00111. The van der Waals surface area contributed by atoms with Crippen LogP contribution in [0.1, 0.15) is 92.6 Å². The summed E-state index contributed by atoms with van der Waals surface area (Å²) in [5.41, 5.74) is 5.53. The van der Waals surface area contributed by atoms with Gasteiger partial charge in [0.1, 0.15) is 18.3 Å². The van der Waals surface area contributed by atoms with Crippen LogP contribution in [0.3, 0.4) is 0 Å². The van der Waals surface area contributed by atoms with E-state index in [4.69, 9.17) is 15.2 Å². The molecule has 0 radical (unpaired) electrons. The largest absolute Gasteiger partial charge is 0.445 e. The first kappa shape index (κ1) is 42.4. The normalized spacial score (nSPS) is 13.7. The van der Waals surface area contributed by atoms with E-state index < -0.39 is 47.0 Å². The molecule has 0 aromatic heterocycles. The summed E-state index contributed by atoms with van der Waals surface area (Å²) >= 11 is 0. The van der Waals surface area contributed by atoms with E-state index in [1.54, 1.807) is 38.1 Å². The Kier molecular flexibility index (Phi) is 17.9. The molecule has 0 aliphatic carbocycles. The molecule has 0 spiro atoms. The van der Waals surface area contributed by atoms with Gasteiger partial charge in [0.25, 0.3) is 5.91 Å². The van der Waals surface area contributed by atoms with Crippen molar-refractivity contribution in [2.24, 2.45) is 5.73 Å². The first-order valence-corrected chi connectivity index (χ1v) is 16.4.